The van der Waals surface area contributed by atoms with Gasteiger partial charge < -0.3 is 14.6 Å². The quantitative estimate of drug-likeness (QED) is 0.0854. The van der Waals surface area contributed by atoms with Gasteiger partial charge in [-0.2, -0.15) is 0 Å². The van der Waals surface area contributed by atoms with Gasteiger partial charge in [0.05, 0.1) is 0 Å². The van der Waals surface area contributed by atoms with Crippen LogP contribution < -0.4 is 0 Å². The maximum atomic E-state index is 11.9. The fourth-order valence-electron chi connectivity index (χ4n) is 4.51. The van der Waals surface area contributed by atoms with Crippen molar-refractivity contribution in [3.8, 4) is 0 Å². The highest BCUT2D eigenvalue weighted by atomic mass is 16.6. The zero-order chi connectivity index (χ0) is 27.6. The normalized spacial score (nSPS) is 12.3. The first-order valence-electron chi connectivity index (χ1n) is 15.8. The summed E-state index contributed by atoms with van der Waals surface area (Å²) in [5.74, 6) is 1.07. The third kappa shape index (κ3) is 29.3. The summed E-state index contributed by atoms with van der Waals surface area (Å²) in [5, 5.41) is 9.93. The average Bonchev–Trinajstić information content (AvgIpc) is 2.85. The number of carbonyl (C=O) groups excluding carboxylic acids is 2. The third-order valence-electron chi connectivity index (χ3n) is 6.95. The molecule has 0 amide bonds. The molecule has 0 aromatic carbocycles. The Balaban J connectivity index is 3.44. The molecule has 0 saturated heterocycles. The second-order valence-electron chi connectivity index (χ2n) is 11.9. The molecule has 37 heavy (non-hydrogen) atoms. The lowest BCUT2D eigenvalue weighted by atomic mass is 10.0. The largest absolute Gasteiger partial charge is 0.463 e. The zero-order valence-electron chi connectivity index (χ0n) is 25.1. The van der Waals surface area contributed by atoms with E-state index in [0.29, 0.717) is 12.8 Å². The number of carbonyl (C=O) groups is 2. The molecule has 0 rings (SSSR count). The van der Waals surface area contributed by atoms with Crippen LogP contribution in [-0.2, 0) is 19.1 Å². The van der Waals surface area contributed by atoms with E-state index in [2.05, 4.69) is 27.7 Å². The lowest BCUT2D eigenvalue weighted by molar-refractivity contribution is -0.152. The number of aliphatic hydroxyl groups is 1. The van der Waals surface area contributed by atoms with Crippen LogP contribution in [0.15, 0.2) is 0 Å². The molecule has 0 aliphatic heterocycles. The van der Waals surface area contributed by atoms with Gasteiger partial charge in [0.15, 0.2) is 0 Å². The Labute approximate surface area is 229 Å². The first kappa shape index (κ1) is 35.9. The van der Waals surface area contributed by atoms with Gasteiger partial charge in [-0.05, 0) is 24.7 Å². The molecular weight excluding hydrogens is 464 g/mol. The molecule has 0 spiro atoms. The Hall–Kier alpha value is -1.10. The van der Waals surface area contributed by atoms with Crippen molar-refractivity contribution < 1.29 is 24.2 Å². The maximum Gasteiger partial charge on any atom is 0.305 e. The topological polar surface area (TPSA) is 72.8 Å². The van der Waals surface area contributed by atoms with Crippen molar-refractivity contribution in [1.82, 2.24) is 0 Å². The number of hydrogen-bond donors (Lipinski definition) is 1. The molecule has 1 N–H and O–H groups in total. The maximum absolute atomic E-state index is 11.9. The summed E-state index contributed by atoms with van der Waals surface area (Å²) in [6, 6.07) is 0. The molecule has 0 bridgehead atoms. The Bertz CT molecular complexity index is 517. The van der Waals surface area contributed by atoms with E-state index < -0.39 is 6.10 Å². The minimum Gasteiger partial charge on any atom is -0.463 e. The van der Waals surface area contributed by atoms with Gasteiger partial charge in [0.25, 0.3) is 0 Å². The summed E-state index contributed by atoms with van der Waals surface area (Å²) in [6.07, 6.45) is 23.0. The van der Waals surface area contributed by atoms with Crippen molar-refractivity contribution in [1.29, 1.82) is 0 Å². The molecule has 0 aromatic heterocycles. The van der Waals surface area contributed by atoms with E-state index in [1.54, 1.807) is 0 Å². The lowest BCUT2D eigenvalue weighted by Gasteiger charge is -2.12. The number of aliphatic hydroxyl groups excluding tert-OH is 1. The van der Waals surface area contributed by atoms with E-state index in [-0.39, 0.29) is 25.2 Å². The molecule has 5 nitrogen and oxygen atoms in total. The van der Waals surface area contributed by atoms with Gasteiger partial charge in [0.2, 0.25) is 0 Å². The SMILES string of the molecule is CC(C)CCCCCCCCCCCC(=O)OC[C@H](O)COC(=O)CCCCCCCCCCC(C)C. The van der Waals surface area contributed by atoms with E-state index in [4.69, 9.17) is 9.47 Å². The van der Waals surface area contributed by atoms with E-state index in [0.717, 1.165) is 50.4 Å². The Morgan fingerprint density at radius 2 is 0.757 bits per heavy atom. The highest BCUT2D eigenvalue weighted by Crippen LogP contribution is 2.14. The minimum atomic E-state index is -0.955. The van der Waals surface area contributed by atoms with E-state index >= 15 is 0 Å². The minimum absolute atomic E-state index is 0.111. The Kier molecular flexibility index (Phi) is 25.7. The van der Waals surface area contributed by atoms with Crippen LogP contribution in [0.5, 0.6) is 0 Å². The smallest absolute Gasteiger partial charge is 0.305 e. The molecule has 1 atom stereocenters. The molecule has 220 valence electrons. The predicted molar refractivity (Wildman–Crippen MR) is 155 cm³/mol. The van der Waals surface area contributed by atoms with E-state index in [1.807, 2.05) is 0 Å². The van der Waals surface area contributed by atoms with Crippen LogP contribution in [0.1, 0.15) is 163 Å². The van der Waals surface area contributed by atoms with Gasteiger partial charge in [0, 0.05) is 12.8 Å². The number of rotatable bonds is 27. The first-order chi connectivity index (χ1) is 17.8. The molecule has 0 unspecified atom stereocenters. The molecule has 0 aliphatic rings. The summed E-state index contributed by atoms with van der Waals surface area (Å²) in [7, 11) is 0. The van der Waals surface area contributed by atoms with E-state index in [9.17, 15) is 14.7 Å². The van der Waals surface area contributed by atoms with Crippen LogP contribution in [0.3, 0.4) is 0 Å². The number of unbranched alkanes of at least 4 members (excludes halogenated alkanes) is 15. The van der Waals surface area contributed by atoms with Gasteiger partial charge in [-0.1, -0.05) is 137 Å². The zero-order valence-corrected chi connectivity index (χ0v) is 25.1. The standard InChI is InChI=1S/C32H62O5/c1-28(2)22-18-14-10-6-5-7-12-16-20-24-31(34)36-26-30(33)27-37-32(35)25-21-17-13-9-8-11-15-19-23-29(3)4/h28-30,33H,5-27H2,1-4H3/t30-/m0/s1. The van der Waals surface area contributed by atoms with Crippen molar-refractivity contribution in [2.24, 2.45) is 11.8 Å². The van der Waals surface area contributed by atoms with Crippen molar-refractivity contribution in [2.45, 2.75) is 169 Å². The predicted octanol–water partition coefficient (Wildman–Crippen LogP) is 8.94. The van der Waals surface area contributed by atoms with Crippen LogP contribution >= 0.6 is 0 Å². The fourth-order valence-corrected chi connectivity index (χ4v) is 4.51. The van der Waals surface area contributed by atoms with Gasteiger partial charge in [0.1, 0.15) is 19.3 Å². The third-order valence-corrected chi connectivity index (χ3v) is 6.95. The summed E-state index contributed by atoms with van der Waals surface area (Å²) < 4.78 is 10.3. The highest BCUT2D eigenvalue weighted by Gasteiger charge is 2.12. The number of hydrogen-bond acceptors (Lipinski definition) is 5. The van der Waals surface area contributed by atoms with Crippen molar-refractivity contribution in [3.05, 3.63) is 0 Å². The molecule has 0 aliphatic carbocycles. The monoisotopic (exact) mass is 526 g/mol. The molecule has 0 heterocycles. The number of ether oxygens (including phenoxy) is 2. The molecule has 5 heteroatoms. The van der Waals surface area contributed by atoms with Crippen LogP contribution in [0.25, 0.3) is 0 Å². The van der Waals surface area contributed by atoms with Gasteiger partial charge >= 0.3 is 11.9 Å². The summed E-state index contributed by atoms with van der Waals surface area (Å²) in [5.41, 5.74) is 0. The number of esters is 2. The van der Waals surface area contributed by atoms with Gasteiger partial charge in [-0.25, -0.2) is 0 Å². The molecule has 0 fully saturated rings. The molecule has 0 saturated carbocycles. The fraction of sp³-hybridized carbons (Fsp3) is 0.938. The molecular formula is C32H62O5. The first-order valence-corrected chi connectivity index (χ1v) is 15.8. The summed E-state index contributed by atoms with van der Waals surface area (Å²) in [6.45, 7) is 8.91. The van der Waals surface area contributed by atoms with Crippen LogP contribution in [0.4, 0.5) is 0 Å². The molecule has 0 aromatic rings. The van der Waals surface area contributed by atoms with Gasteiger partial charge in [-0.15, -0.1) is 0 Å². The summed E-state index contributed by atoms with van der Waals surface area (Å²) >= 11 is 0. The second kappa shape index (κ2) is 26.5. The second-order valence-corrected chi connectivity index (χ2v) is 11.9. The van der Waals surface area contributed by atoms with Gasteiger partial charge in [-0.3, -0.25) is 9.59 Å². The highest BCUT2D eigenvalue weighted by molar-refractivity contribution is 5.69. The van der Waals surface area contributed by atoms with Crippen LogP contribution in [0, 0.1) is 11.8 Å². The average molecular weight is 527 g/mol. The lowest BCUT2D eigenvalue weighted by Crippen LogP contribution is -2.25. The molecule has 0 radical (unpaired) electrons. The van der Waals surface area contributed by atoms with Crippen LogP contribution in [0.2, 0.25) is 0 Å². The van der Waals surface area contributed by atoms with Crippen molar-refractivity contribution >= 4 is 11.9 Å². The van der Waals surface area contributed by atoms with Crippen molar-refractivity contribution in [2.75, 3.05) is 13.2 Å². The van der Waals surface area contributed by atoms with Crippen molar-refractivity contribution in [3.63, 3.8) is 0 Å². The summed E-state index contributed by atoms with van der Waals surface area (Å²) in [4.78, 5) is 23.7. The van der Waals surface area contributed by atoms with E-state index in [1.165, 1.54) is 83.5 Å². The Morgan fingerprint density at radius 3 is 1.05 bits per heavy atom. The Morgan fingerprint density at radius 1 is 0.486 bits per heavy atom. The van der Waals surface area contributed by atoms with Crippen LogP contribution in [-0.4, -0.2) is 36.4 Å².